The number of amides is 3. The van der Waals surface area contributed by atoms with E-state index in [1.165, 1.54) is 0 Å². The number of methoxy groups -OCH3 is 1. The maximum atomic E-state index is 13.7. The molecule has 0 unspecified atom stereocenters. The molecule has 170 valence electrons. The highest BCUT2D eigenvalue weighted by molar-refractivity contribution is 6.10. The second-order valence-corrected chi connectivity index (χ2v) is 9.54. The number of carbonyl (C=O) groups excluding carboxylic acids is 3. The fraction of sp³-hybridized carbons (Fsp3) is 0.269. The molecule has 0 bridgehead atoms. The average Bonchev–Trinajstić information content (AvgIpc) is 3.16. The van der Waals surface area contributed by atoms with Gasteiger partial charge in [-0.25, -0.2) is 4.79 Å². The van der Waals surface area contributed by atoms with Gasteiger partial charge < -0.3 is 20.4 Å². The summed E-state index contributed by atoms with van der Waals surface area (Å²) < 4.78 is 5.41. The summed E-state index contributed by atoms with van der Waals surface area (Å²) in [5.41, 5.74) is 10.8. The summed E-state index contributed by atoms with van der Waals surface area (Å²) in [5.74, 6) is 0.780. The van der Waals surface area contributed by atoms with Gasteiger partial charge in [0.25, 0.3) is 5.91 Å². The number of hydrogen-bond donors (Lipinski definition) is 2. The van der Waals surface area contributed by atoms with Gasteiger partial charge in [0.05, 0.1) is 7.11 Å². The summed E-state index contributed by atoms with van der Waals surface area (Å²) >= 11 is 0. The van der Waals surface area contributed by atoms with Crippen LogP contribution in [0.1, 0.15) is 38.4 Å². The molecule has 3 N–H and O–H groups in total. The molecule has 1 saturated carbocycles. The molecule has 4 aliphatic rings. The molecule has 2 aliphatic carbocycles. The number of aromatic nitrogens is 1. The number of anilines is 1. The first-order chi connectivity index (χ1) is 16.4. The van der Waals surface area contributed by atoms with E-state index in [0.29, 0.717) is 42.4 Å². The number of piperidine rings is 1. The Morgan fingerprint density at radius 1 is 1.18 bits per heavy atom. The largest absolute Gasteiger partial charge is 0.497 e. The molecule has 8 heteroatoms. The number of fused-ring (bicyclic) bond motifs is 4. The Morgan fingerprint density at radius 2 is 2.03 bits per heavy atom. The first kappa shape index (κ1) is 19.4. The number of hydrogen-bond acceptors (Lipinski definition) is 4. The number of ether oxygens (including phenoxy) is 1. The van der Waals surface area contributed by atoms with Crippen LogP contribution in [0.2, 0.25) is 0 Å². The Morgan fingerprint density at radius 3 is 2.82 bits per heavy atom. The third kappa shape index (κ3) is 2.30. The molecule has 1 aromatic heterocycles. The smallest absolute Gasteiger partial charge is 0.319 e. The van der Waals surface area contributed by atoms with Crippen LogP contribution < -0.4 is 15.4 Å². The molecule has 0 radical (unpaired) electrons. The minimum absolute atomic E-state index is 0.0790. The number of primary amides is 1. The summed E-state index contributed by atoms with van der Waals surface area (Å²) in [4.78, 5) is 45.0. The lowest BCUT2D eigenvalue weighted by Crippen LogP contribution is -2.34. The molecule has 7 rings (SSSR count). The average molecular weight is 454 g/mol. The lowest BCUT2D eigenvalue weighted by Gasteiger charge is -2.29. The molecule has 8 nitrogen and oxygen atoms in total. The Labute approximate surface area is 195 Å². The van der Waals surface area contributed by atoms with Crippen molar-refractivity contribution in [3.8, 4) is 5.75 Å². The minimum Gasteiger partial charge on any atom is -0.497 e. The normalized spacial score (nSPS) is 23.9. The van der Waals surface area contributed by atoms with Crippen molar-refractivity contribution < 1.29 is 19.1 Å². The zero-order valence-corrected chi connectivity index (χ0v) is 18.6. The summed E-state index contributed by atoms with van der Waals surface area (Å²) in [6, 6.07) is 10.7. The molecule has 2 aromatic carbocycles. The van der Waals surface area contributed by atoms with Crippen molar-refractivity contribution in [3.63, 3.8) is 0 Å². The van der Waals surface area contributed by atoms with Gasteiger partial charge in [-0.05, 0) is 66.3 Å². The summed E-state index contributed by atoms with van der Waals surface area (Å²) in [7, 11) is 1.62. The third-order valence-electron chi connectivity index (χ3n) is 8.00. The van der Waals surface area contributed by atoms with Gasteiger partial charge in [0.15, 0.2) is 5.78 Å². The van der Waals surface area contributed by atoms with Crippen molar-refractivity contribution in [2.45, 2.75) is 18.3 Å². The number of nitrogens with one attached hydrogen (secondary N) is 1. The number of carbonyl (C=O) groups is 3. The zero-order chi connectivity index (χ0) is 23.4. The van der Waals surface area contributed by atoms with E-state index in [9.17, 15) is 14.4 Å². The van der Waals surface area contributed by atoms with E-state index in [1.54, 1.807) is 23.0 Å². The van der Waals surface area contributed by atoms with Crippen LogP contribution in [0.15, 0.2) is 48.2 Å². The summed E-state index contributed by atoms with van der Waals surface area (Å²) in [6.07, 6.45) is 3.26. The maximum Gasteiger partial charge on any atom is 0.319 e. The van der Waals surface area contributed by atoms with E-state index in [0.717, 1.165) is 39.8 Å². The van der Waals surface area contributed by atoms with Gasteiger partial charge in [-0.15, -0.1) is 0 Å². The Hall–Kier alpha value is -4.07. The number of allylic oxidation sites excluding steroid dienone is 2. The van der Waals surface area contributed by atoms with Crippen LogP contribution in [0.25, 0.3) is 10.9 Å². The van der Waals surface area contributed by atoms with Crippen LogP contribution >= 0.6 is 0 Å². The topological polar surface area (TPSA) is 109 Å². The molecule has 2 atom stereocenters. The molecule has 3 amide bonds. The predicted octanol–water partition coefficient (Wildman–Crippen LogP) is 3.11. The third-order valence-corrected chi connectivity index (χ3v) is 8.00. The van der Waals surface area contributed by atoms with Gasteiger partial charge in [-0.2, -0.15) is 0 Å². The Balaban J connectivity index is 1.28. The van der Waals surface area contributed by atoms with Crippen LogP contribution in [0.4, 0.5) is 10.5 Å². The lowest BCUT2D eigenvalue weighted by molar-refractivity contribution is 0.0806. The number of H-pyrrole nitrogens is 1. The first-order valence-electron chi connectivity index (χ1n) is 11.4. The SMILES string of the molecule is COc1ccc2c(c1)[C@@]13C[C@@H]1CN(C(=O)c1cc4c5c(ccc4[nH]1)N(C(N)=O)CC5)C3=CC2=O. The van der Waals surface area contributed by atoms with Crippen molar-refractivity contribution in [2.75, 3.05) is 25.1 Å². The number of nitrogens with zero attached hydrogens (tertiary/aromatic N) is 2. The fourth-order valence-corrected chi connectivity index (χ4v) is 6.33. The molecule has 2 fully saturated rings. The van der Waals surface area contributed by atoms with Gasteiger partial charge in [0.2, 0.25) is 0 Å². The maximum absolute atomic E-state index is 13.7. The molecule has 1 spiro atoms. The Bertz CT molecular complexity index is 1500. The fourth-order valence-electron chi connectivity index (χ4n) is 6.33. The van der Waals surface area contributed by atoms with Gasteiger partial charge in [-0.3, -0.25) is 14.5 Å². The highest BCUT2D eigenvalue weighted by atomic mass is 16.5. The summed E-state index contributed by atoms with van der Waals surface area (Å²) in [5, 5.41) is 0.924. The van der Waals surface area contributed by atoms with Crippen LogP contribution in [0.5, 0.6) is 5.75 Å². The van der Waals surface area contributed by atoms with E-state index in [1.807, 2.05) is 36.4 Å². The van der Waals surface area contributed by atoms with Crippen LogP contribution in [0.3, 0.4) is 0 Å². The molecular formula is C26H22N4O4. The van der Waals surface area contributed by atoms with Crippen LogP contribution in [-0.2, 0) is 11.8 Å². The van der Waals surface area contributed by atoms with Gasteiger partial charge >= 0.3 is 6.03 Å². The van der Waals surface area contributed by atoms with Gasteiger partial charge in [0, 0.05) is 52.4 Å². The number of nitrogens with two attached hydrogens (primary N) is 1. The molecule has 3 heterocycles. The van der Waals surface area contributed by atoms with Crippen molar-refractivity contribution in [1.82, 2.24) is 9.88 Å². The molecular weight excluding hydrogens is 432 g/mol. The highest BCUT2D eigenvalue weighted by Gasteiger charge is 2.67. The zero-order valence-electron chi connectivity index (χ0n) is 18.6. The van der Waals surface area contributed by atoms with E-state index in [-0.39, 0.29) is 17.1 Å². The van der Waals surface area contributed by atoms with Crippen LogP contribution in [-0.4, -0.2) is 47.8 Å². The van der Waals surface area contributed by atoms with Crippen LogP contribution in [0, 0.1) is 5.92 Å². The van der Waals surface area contributed by atoms with Crippen molar-refractivity contribution in [1.29, 1.82) is 0 Å². The second kappa shape index (κ2) is 6.28. The molecule has 2 aliphatic heterocycles. The lowest BCUT2D eigenvalue weighted by atomic mass is 9.81. The molecule has 3 aromatic rings. The number of aromatic amines is 1. The minimum atomic E-state index is -0.475. The van der Waals surface area contributed by atoms with E-state index in [2.05, 4.69) is 4.98 Å². The second-order valence-electron chi connectivity index (χ2n) is 9.54. The van der Waals surface area contributed by atoms with Gasteiger partial charge in [0.1, 0.15) is 11.4 Å². The number of likely N-dealkylation sites (tertiary alicyclic amines) is 1. The summed E-state index contributed by atoms with van der Waals surface area (Å²) in [6.45, 7) is 1.12. The highest BCUT2D eigenvalue weighted by Crippen LogP contribution is 2.67. The quantitative estimate of drug-likeness (QED) is 0.620. The van der Waals surface area contributed by atoms with Crippen molar-refractivity contribution >= 4 is 34.3 Å². The van der Waals surface area contributed by atoms with E-state index < -0.39 is 6.03 Å². The van der Waals surface area contributed by atoms with Gasteiger partial charge in [-0.1, -0.05) is 0 Å². The van der Waals surface area contributed by atoms with Crippen molar-refractivity contribution in [3.05, 3.63) is 70.6 Å². The van der Waals surface area contributed by atoms with E-state index in [4.69, 9.17) is 10.5 Å². The monoisotopic (exact) mass is 454 g/mol. The van der Waals surface area contributed by atoms with E-state index >= 15 is 0 Å². The molecule has 34 heavy (non-hydrogen) atoms. The number of urea groups is 1. The number of benzene rings is 2. The van der Waals surface area contributed by atoms with Crippen molar-refractivity contribution in [2.24, 2.45) is 11.7 Å². The Kier molecular flexibility index (Phi) is 3.59. The first-order valence-corrected chi connectivity index (χ1v) is 11.4. The number of ketones is 1. The number of rotatable bonds is 2. The standard InChI is InChI=1S/C26H22N4O4/c1-34-14-2-3-16-18(8-14)26-11-13(26)12-30(23(26)10-22(16)31)24(32)20-9-17-15-6-7-29(25(27)33)21(15)5-4-19(17)28-20/h2-5,8-10,13,28H,6-7,11-12H2,1H3,(H2,27,33)/t13-,26-/m1/s1. The predicted molar refractivity (Wildman–Crippen MR) is 125 cm³/mol. The molecule has 1 saturated heterocycles.